The minimum Gasteiger partial charge on any atom is -0.478 e. The third-order valence-electron chi connectivity index (χ3n) is 5.42. The maximum absolute atomic E-state index is 13.0. The van der Waals surface area contributed by atoms with Crippen LogP contribution in [-0.4, -0.2) is 28.6 Å². The van der Waals surface area contributed by atoms with Gasteiger partial charge in [0.25, 0.3) is 0 Å². The fourth-order valence-electron chi connectivity index (χ4n) is 3.47. The first-order chi connectivity index (χ1) is 15.0. The summed E-state index contributed by atoms with van der Waals surface area (Å²) >= 11 is 0. The standard InChI is InChI=1S/C26H36N2O3/c1-3-5-7-8-9-19-28(20-22-13-11-21(12-14-22)10-6-4-2)26(31)27-24-17-15-23(16-18-24)25(29)30/h11-18H,3-10,19-20H2,1-2H3,(H,27,31)(H,29,30). The molecule has 2 amide bonds. The molecular formula is C26H36N2O3. The van der Waals surface area contributed by atoms with E-state index in [4.69, 9.17) is 5.11 Å². The predicted molar refractivity (Wildman–Crippen MR) is 127 cm³/mol. The lowest BCUT2D eigenvalue weighted by atomic mass is 10.1. The van der Waals surface area contributed by atoms with Crippen LogP contribution in [0.3, 0.4) is 0 Å². The van der Waals surface area contributed by atoms with Gasteiger partial charge in [0.05, 0.1) is 5.56 Å². The Morgan fingerprint density at radius 3 is 2.03 bits per heavy atom. The van der Waals surface area contributed by atoms with E-state index >= 15 is 0 Å². The lowest BCUT2D eigenvalue weighted by Gasteiger charge is -2.23. The highest BCUT2D eigenvalue weighted by atomic mass is 16.4. The van der Waals surface area contributed by atoms with Crippen molar-refractivity contribution in [3.63, 3.8) is 0 Å². The molecule has 168 valence electrons. The molecule has 0 bridgehead atoms. The van der Waals surface area contributed by atoms with E-state index in [0.29, 0.717) is 18.8 Å². The molecule has 0 radical (unpaired) electrons. The number of nitrogens with one attached hydrogen (secondary N) is 1. The predicted octanol–water partition coefficient (Wildman–Crippen LogP) is 6.73. The molecule has 2 aromatic rings. The summed E-state index contributed by atoms with van der Waals surface area (Å²) in [5, 5.41) is 12.0. The van der Waals surface area contributed by atoms with E-state index in [1.165, 1.54) is 49.8 Å². The van der Waals surface area contributed by atoms with Gasteiger partial charge in [0, 0.05) is 18.8 Å². The molecule has 0 unspecified atom stereocenters. The summed E-state index contributed by atoms with van der Waals surface area (Å²) in [6, 6.07) is 14.7. The van der Waals surface area contributed by atoms with Crippen LogP contribution in [0.25, 0.3) is 0 Å². The van der Waals surface area contributed by atoms with Gasteiger partial charge in [0.15, 0.2) is 0 Å². The summed E-state index contributed by atoms with van der Waals surface area (Å²) in [6.45, 7) is 5.64. The normalized spacial score (nSPS) is 10.6. The number of carbonyl (C=O) groups is 2. The maximum Gasteiger partial charge on any atom is 0.335 e. The third kappa shape index (κ3) is 8.83. The molecule has 31 heavy (non-hydrogen) atoms. The molecule has 0 spiro atoms. The SMILES string of the molecule is CCCCCCCN(Cc1ccc(CCCC)cc1)C(=O)Nc1ccc(C(=O)O)cc1. The summed E-state index contributed by atoms with van der Waals surface area (Å²) in [6.07, 6.45) is 9.15. The number of benzene rings is 2. The van der Waals surface area contributed by atoms with Crippen molar-refractivity contribution in [1.82, 2.24) is 4.90 Å². The van der Waals surface area contributed by atoms with Gasteiger partial charge in [-0.3, -0.25) is 0 Å². The van der Waals surface area contributed by atoms with Crippen molar-refractivity contribution in [2.75, 3.05) is 11.9 Å². The molecule has 0 aliphatic heterocycles. The van der Waals surface area contributed by atoms with Gasteiger partial charge in [-0.25, -0.2) is 9.59 Å². The van der Waals surface area contributed by atoms with Gasteiger partial charge in [-0.05, 0) is 54.7 Å². The van der Waals surface area contributed by atoms with Crippen molar-refractivity contribution in [2.24, 2.45) is 0 Å². The number of amides is 2. The Hall–Kier alpha value is -2.82. The zero-order valence-corrected chi connectivity index (χ0v) is 18.9. The van der Waals surface area contributed by atoms with Gasteiger partial charge in [0.2, 0.25) is 0 Å². The van der Waals surface area contributed by atoms with E-state index in [1.54, 1.807) is 12.1 Å². The number of carboxylic acid groups (broad SMARTS) is 1. The van der Waals surface area contributed by atoms with E-state index in [0.717, 1.165) is 24.8 Å². The van der Waals surface area contributed by atoms with Gasteiger partial charge < -0.3 is 15.3 Å². The lowest BCUT2D eigenvalue weighted by molar-refractivity contribution is 0.0697. The lowest BCUT2D eigenvalue weighted by Crippen LogP contribution is -2.35. The Balaban J connectivity index is 2.02. The van der Waals surface area contributed by atoms with Crippen molar-refractivity contribution in [2.45, 2.75) is 71.8 Å². The summed E-state index contributed by atoms with van der Waals surface area (Å²) < 4.78 is 0. The smallest absolute Gasteiger partial charge is 0.335 e. The summed E-state index contributed by atoms with van der Waals surface area (Å²) in [4.78, 5) is 25.8. The molecular weight excluding hydrogens is 388 g/mol. The van der Waals surface area contributed by atoms with E-state index in [2.05, 4.69) is 43.4 Å². The molecule has 5 heteroatoms. The topological polar surface area (TPSA) is 69.6 Å². The van der Waals surface area contributed by atoms with Gasteiger partial charge >= 0.3 is 12.0 Å². The van der Waals surface area contributed by atoms with Crippen molar-refractivity contribution in [3.8, 4) is 0 Å². The van der Waals surface area contributed by atoms with E-state index < -0.39 is 5.97 Å². The monoisotopic (exact) mass is 424 g/mol. The highest BCUT2D eigenvalue weighted by Crippen LogP contribution is 2.15. The number of hydrogen-bond donors (Lipinski definition) is 2. The summed E-state index contributed by atoms with van der Waals surface area (Å²) in [7, 11) is 0. The molecule has 0 aliphatic rings. The van der Waals surface area contributed by atoms with E-state index in [-0.39, 0.29) is 11.6 Å². The summed E-state index contributed by atoms with van der Waals surface area (Å²) in [5.41, 5.74) is 3.25. The van der Waals surface area contributed by atoms with Crippen LogP contribution < -0.4 is 5.32 Å². The second-order valence-electron chi connectivity index (χ2n) is 8.07. The Labute approximate surface area is 186 Å². The van der Waals surface area contributed by atoms with Crippen LogP contribution in [0.15, 0.2) is 48.5 Å². The van der Waals surface area contributed by atoms with Crippen LogP contribution >= 0.6 is 0 Å². The van der Waals surface area contributed by atoms with Crippen molar-refractivity contribution >= 4 is 17.7 Å². The molecule has 0 aliphatic carbocycles. The van der Waals surface area contributed by atoms with Crippen molar-refractivity contribution in [1.29, 1.82) is 0 Å². The van der Waals surface area contributed by atoms with Crippen LogP contribution in [-0.2, 0) is 13.0 Å². The highest BCUT2D eigenvalue weighted by Gasteiger charge is 2.14. The molecule has 2 rings (SSSR count). The Morgan fingerprint density at radius 2 is 1.42 bits per heavy atom. The zero-order chi connectivity index (χ0) is 22.5. The van der Waals surface area contributed by atoms with E-state index in [1.807, 2.05) is 4.90 Å². The number of carboxylic acids is 1. The Morgan fingerprint density at radius 1 is 0.806 bits per heavy atom. The average molecular weight is 425 g/mol. The number of aromatic carboxylic acids is 1. The first kappa shape index (κ1) is 24.4. The van der Waals surface area contributed by atoms with Crippen LogP contribution in [0.5, 0.6) is 0 Å². The fourth-order valence-corrected chi connectivity index (χ4v) is 3.47. The Kier molecular flexibility index (Phi) is 10.6. The number of nitrogens with zero attached hydrogens (tertiary/aromatic N) is 1. The number of rotatable bonds is 13. The van der Waals surface area contributed by atoms with Gasteiger partial charge in [-0.2, -0.15) is 0 Å². The number of carbonyl (C=O) groups excluding carboxylic acids is 1. The first-order valence-electron chi connectivity index (χ1n) is 11.5. The second kappa shape index (κ2) is 13.5. The number of hydrogen-bond acceptors (Lipinski definition) is 2. The van der Waals surface area contributed by atoms with Gasteiger partial charge in [-0.1, -0.05) is 70.2 Å². The van der Waals surface area contributed by atoms with Crippen LogP contribution in [0.1, 0.15) is 80.3 Å². The molecule has 5 nitrogen and oxygen atoms in total. The van der Waals surface area contributed by atoms with Gasteiger partial charge in [0.1, 0.15) is 0 Å². The molecule has 0 aromatic heterocycles. The second-order valence-corrected chi connectivity index (χ2v) is 8.07. The van der Waals surface area contributed by atoms with Crippen molar-refractivity contribution < 1.29 is 14.7 Å². The molecule has 0 atom stereocenters. The van der Waals surface area contributed by atoms with Crippen molar-refractivity contribution in [3.05, 3.63) is 65.2 Å². The molecule has 2 aromatic carbocycles. The number of unbranched alkanes of at least 4 members (excludes halogenated alkanes) is 5. The molecule has 0 saturated carbocycles. The highest BCUT2D eigenvalue weighted by molar-refractivity contribution is 5.91. The minimum atomic E-state index is -0.978. The molecule has 0 heterocycles. The Bertz CT molecular complexity index is 800. The minimum absolute atomic E-state index is 0.159. The zero-order valence-electron chi connectivity index (χ0n) is 18.9. The maximum atomic E-state index is 13.0. The quantitative estimate of drug-likeness (QED) is 0.350. The first-order valence-corrected chi connectivity index (χ1v) is 11.5. The molecule has 2 N–H and O–H groups in total. The molecule has 0 fully saturated rings. The van der Waals surface area contributed by atoms with Gasteiger partial charge in [-0.15, -0.1) is 0 Å². The largest absolute Gasteiger partial charge is 0.478 e. The van der Waals surface area contributed by atoms with Crippen LogP contribution in [0.2, 0.25) is 0 Å². The van der Waals surface area contributed by atoms with Crippen LogP contribution in [0, 0.1) is 0 Å². The third-order valence-corrected chi connectivity index (χ3v) is 5.42. The van der Waals surface area contributed by atoms with E-state index in [9.17, 15) is 9.59 Å². The number of anilines is 1. The summed E-state index contributed by atoms with van der Waals surface area (Å²) in [5.74, 6) is -0.978. The number of aryl methyl sites for hydroxylation is 1. The molecule has 0 saturated heterocycles. The average Bonchev–Trinajstić information content (AvgIpc) is 2.78. The fraction of sp³-hybridized carbons (Fsp3) is 0.462. The number of urea groups is 1. The van der Waals surface area contributed by atoms with Crippen LogP contribution in [0.4, 0.5) is 10.5 Å².